The van der Waals surface area contributed by atoms with Gasteiger partial charge >= 0.3 is 5.97 Å². The number of hydrogen-bond acceptors (Lipinski definition) is 3. The van der Waals surface area contributed by atoms with Gasteiger partial charge in [0.05, 0.1) is 0 Å². The van der Waals surface area contributed by atoms with Gasteiger partial charge in [0.15, 0.2) is 0 Å². The fourth-order valence-corrected chi connectivity index (χ4v) is 4.08. The van der Waals surface area contributed by atoms with Gasteiger partial charge in [0, 0.05) is 24.4 Å². The second-order valence-electron chi connectivity index (χ2n) is 9.81. The number of aromatic nitrogens is 1. The van der Waals surface area contributed by atoms with Crippen molar-refractivity contribution in [2.45, 2.75) is 136 Å². The average molecular weight is 496 g/mol. The summed E-state index contributed by atoms with van der Waals surface area (Å²) >= 11 is 0. The van der Waals surface area contributed by atoms with E-state index in [0.717, 1.165) is 31.2 Å². The molecule has 0 fully saturated rings. The van der Waals surface area contributed by atoms with Crippen molar-refractivity contribution in [3.8, 4) is 0 Å². The summed E-state index contributed by atoms with van der Waals surface area (Å²) in [5.41, 5.74) is 0.927. The van der Waals surface area contributed by atoms with Crippen molar-refractivity contribution in [1.29, 1.82) is 0 Å². The van der Waals surface area contributed by atoms with E-state index in [1.807, 2.05) is 12.1 Å². The standard InChI is InChI=1S/C33H53NO2/c1-2-3-4-5-6-7-8-9-10-11-12-13-14-15-16-17-18-19-20-21-22-23-24-25-28-33(35)36-31-32-27-26-29-34-30-32/h8-9,18-19,22-23,26-27,29-30H,2-7,10-17,20-21,24-25,28,31H2,1H3/b9-8-,19-18-,23-22-. The molecule has 0 unspecified atom stereocenters. The zero-order valence-corrected chi connectivity index (χ0v) is 23.2. The highest BCUT2D eigenvalue weighted by Gasteiger charge is 2.02. The highest BCUT2D eigenvalue weighted by molar-refractivity contribution is 5.69. The lowest BCUT2D eigenvalue weighted by Crippen LogP contribution is -2.04. The molecule has 0 saturated heterocycles. The average Bonchev–Trinajstić information content (AvgIpc) is 2.90. The zero-order chi connectivity index (χ0) is 25.8. The van der Waals surface area contributed by atoms with Crippen molar-refractivity contribution in [3.05, 3.63) is 66.5 Å². The first-order chi connectivity index (χ1) is 17.8. The predicted octanol–water partition coefficient (Wildman–Crippen LogP) is 10.2. The van der Waals surface area contributed by atoms with Gasteiger partial charge in [-0.2, -0.15) is 0 Å². The number of esters is 1. The smallest absolute Gasteiger partial charge is 0.306 e. The summed E-state index contributed by atoms with van der Waals surface area (Å²) in [5.74, 6) is -0.133. The third-order valence-corrected chi connectivity index (χ3v) is 6.34. The topological polar surface area (TPSA) is 39.2 Å². The van der Waals surface area contributed by atoms with Gasteiger partial charge in [-0.15, -0.1) is 0 Å². The number of ether oxygens (including phenoxy) is 1. The van der Waals surface area contributed by atoms with Gasteiger partial charge in [-0.25, -0.2) is 0 Å². The molecule has 3 heteroatoms. The van der Waals surface area contributed by atoms with Gasteiger partial charge in [-0.05, 0) is 70.3 Å². The maximum atomic E-state index is 11.8. The van der Waals surface area contributed by atoms with Crippen LogP contribution in [0.4, 0.5) is 0 Å². The summed E-state index contributed by atoms with van der Waals surface area (Å²) in [6.45, 7) is 2.59. The van der Waals surface area contributed by atoms with E-state index in [1.165, 1.54) is 89.9 Å². The molecule has 1 aromatic rings. The van der Waals surface area contributed by atoms with Crippen molar-refractivity contribution in [2.24, 2.45) is 0 Å². The Bertz CT molecular complexity index is 693. The van der Waals surface area contributed by atoms with Crippen LogP contribution in [0.1, 0.15) is 134 Å². The molecule has 0 aliphatic heterocycles. The van der Waals surface area contributed by atoms with Crippen LogP contribution in [-0.2, 0) is 16.1 Å². The van der Waals surface area contributed by atoms with E-state index in [0.29, 0.717) is 13.0 Å². The first-order valence-corrected chi connectivity index (χ1v) is 14.8. The van der Waals surface area contributed by atoms with E-state index < -0.39 is 0 Å². The van der Waals surface area contributed by atoms with Crippen LogP contribution < -0.4 is 0 Å². The number of pyridine rings is 1. The Balaban J connectivity index is 1.79. The van der Waals surface area contributed by atoms with E-state index in [1.54, 1.807) is 12.4 Å². The molecule has 0 spiro atoms. The van der Waals surface area contributed by atoms with Gasteiger partial charge in [0.25, 0.3) is 0 Å². The molecule has 0 N–H and O–H groups in total. The second kappa shape index (κ2) is 25.9. The molecule has 0 aliphatic carbocycles. The van der Waals surface area contributed by atoms with Gasteiger partial charge < -0.3 is 4.74 Å². The molecule has 0 radical (unpaired) electrons. The van der Waals surface area contributed by atoms with E-state index in [9.17, 15) is 4.79 Å². The third-order valence-electron chi connectivity index (χ3n) is 6.34. The number of nitrogens with zero attached hydrogens (tertiary/aromatic N) is 1. The Kier molecular flexibility index (Phi) is 22.9. The van der Waals surface area contributed by atoms with E-state index in [4.69, 9.17) is 4.74 Å². The Morgan fingerprint density at radius 2 is 1.19 bits per heavy atom. The first kappa shape index (κ1) is 31.9. The number of carbonyl (C=O) groups excluding carboxylic acids is 1. The monoisotopic (exact) mass is 495 g/mol. The zero-order valence-electron chi connectivity index (χ0n) is 23.2. The van der Waals surface area contributed by atoms with Crippen LogP contribution in [0.15, 0.2) is 61.0 Å². The summed E-state index contributed by atoms with van der Waals surface area (Å²) in [6, 6.07) is 3.76. The van der Waals surface area contributed by atoms with Crippen molar-refractivity contribution >= 4 is 5.97 Å². The summed E-state index contributed by atoms with van der Waals surface area (Å²) in [5, 5.41) is 0. The van der Waals surface area contributed by atoms with Crippen molar-refractivity contribution < 1.29 is 9.53 Å². The highest BCUT2D eigenvalue weighted by Crippen LogP contribution is 2.11. The van der Waals surface area contributed by atoms with Crippen LogP contribution in [-0.4, -0.2) is 11.0 Å². The fourth-order valence-electron chi connectivity index (χ4n) is 4.08. The van der Waals surface area contributed by atoms with E-state index in [-0.39, 0.29) is 5.97 Å². The molecule has 1 heterocycles. The minimum absolute atomic E-state index is 0.133. The molecule has 3 nitrogen and oxygen atoms in total. The molecule has 0 atom stereocenters. The van der Waals surface area contributed by atoms with Crippen LogP contribution in [0.2, 0.25) is 0 Å². The molecular formula is C33H53NO2. The molecule has 0 aromatic carbocycles. The number of hydrogen-bond donors (Lipinski definition) is 0. The minimum atomic E-state index is -0.133. The molecule has 0 aliphatic rings. The predicted molar refractivity (Wildman–Crippen MR) is 155 cm³/mol. The van der Waals surface area contributed by atoms with Gasteiger partial charge in [-0.1, -0.05) is 101 Å². The summed E-state index contributed by atoms with van der Waals surface area (Å²) < 4.78 is 5.27. The van der Waals surface area contributed by atoms with Crippen LogP contribution in [0, 0.1) is 0 Å². The molecular weight excluding hydrogens is 442 g/mol. The summed E-state index contributed by atoms with van der Waals surface area (Å²) in [7, 11) is 0. The Morgan fingerprint density at radius 1 is 0.694 bits per heavy atom. The molecule has 0 saturated carbocycles. The number of allylic oxidation sites excluding steroid dienone is 6. The van der Waals surface area contributed by atoms with Crippen molar-refractivity contribution in [1.82, 2.24) is 4.98 Å². The van der Waals surface area contributed by atoms with Gasteiger partial charge in [0.2, 0.25) is 0 Å². The second-order valence-corrected chi connectivity index (χ2v) is 9.81. The SMILES string of the molecule is CCCCCCC/C=C\CCCCCCCC/C=C\CC/C=C\CCCC(=O)OCc1cccnc1. The fraction of sp³-hybridized carbons (Fsp3) is 0.636. The van der Waals surface area contributed by atoms with Crippen LogP contribution in [0.5, 0.6) is 0 Å². The molecule has 0 amide bonds. The summed E-state index contributed by atoms with van der Waals surface area (Å²) in [6.07, 6.45) is 40.6. The maximum absolute atomic E-state index is 11.8. The molecule has 0 bridgehead atoms. The first-order valence-electron chi connectivity index (χ1n) is 14.8. The summed E-state index contributed by atoms with van der Waals surface area (Å²) in [4.78, 5) is 15.8. The maximum Gasteiger partial charge on any atom is 0.306 e. The minimum Gasteiger partial charge on any atom is -0.461 e. The highest BCUT2D eigenvalue weighted by atomic mass is 16.5. The normalized spacial score (nSPS) is 11.8. The Morgan fingerprint density at radius 3 is 1.72 bits per heavy atom. The van der Waals surface area contributed by atoms with Crippen LogP contribution in [0.25, 0.3) is 0 Å². The molecule has 1 rings (SSSR count). The van der Waals surface area contributed by atoms with E-state index in [2.05, 4.69) is 48.4 Å². The van der Waals surface area contributed by atoms with Crippen molar-refractivity contribution in [3.63, 3.8) is 0 Å². The third kappa shape index (κ3) is 22.3. The number of carbonyl (C=O) groups is 1. The lowest BCUT2D eigenvalue weighted by molar-refractivity contribution is -0.145. The Hall–Kier alpha value is -2.16. The van der Waals surface area contributed by atoms with Gasteiger partial charge in [0.1, 0.15) is 6.61 Å². The molecule has 1 aromatic heterocycles. The number of unbranched alkanes of at least 4 members (excludes halogenated alkanes) is 14. The van der Waals surface area contributed by atoms with Gasteiger partial charge in [-0.3, -0.25) is 9.78 Å². The van der Waals surface area contributed by atoms with E-state index >= 15 is 0 Å². The van der Waals surface area contributed by atoms with Crippen molar-refractivity contribution in [2.75, 3.05) is 0 Å². The molecule has 36 heavy (non-hydrogen) atoms. The number of rotatable bonds is 24. The lowest BCUT2D eigenvalue weighted by Gasteiger charge is -2.03. The largest absolute Gasteiger partial charge is 0.461 e. The Labute approximate surface area is 222 Å². The lowest BCUT2D eigenvalue weighted by atomic mass is 10.1. The van der Waals surface area contributed by atoms with Crippen LogP contribution >= 0.6 is 0 Å². The quantitative estimate of drug-likeness (QED) is 0.0813. The van der Waals surface area contributed by atoms with Crippen LogP contribution in [0.3, 0.4) is 0 Å². The molecule has 202 valence electrons.